The fourth-order valence-corrected chi connectivity index (χ4v) is 4.28. The minimum Gasteiger partial charge on any atom is -0.464 e. The molecule has 138 valence electrons. The first-order chi connectivity index (χ1) is 13.2. The van der Waals surface area contributed by atoms with E-state index < -0.39 is 0 Å². The van der Waals surface area contributed by atoms with Crippen LogP contribution in [0.15, 0.2) is 34.9 Å². The van der Waals surface area contributed by atoms with Crippen molar-refractivity contribution in [2.45, 2.75) is 38.6 Å². The highest BCUT2D eigenvalue weighted by Gasteiger charge is 2.19. The zero-order valence-electron chi connectivity index (χ0n) is 15.0. The summed E-state index contributed by atoms with van der Waals surface area (Å²) in [6.45, 7) is 1.43. The van der Waals surface area contributed by atoms with Gasteiger partial charge in [0.25, 0.3) is 0 Å². The van der Waals surface area contributed by atoms with Crippen molar-refractivity contribution in [3.05, 3.63) is 64.2 Å². The molecule has 0 atom stereocenters. The van der Waals surface area contributed by atoms with Crippen molar-refractivity contribution in [1.82, 2.24) is 5.32 Å². The Hall–Kier alpha value is -2.66. The van der Waals surface area contributed by atoms with E-state index in [1.54, 1.807) is 12.3 Å². The van der Waals surface area contributed by atoms with Crippen molar-refractivity contribution in [3.8, 4) is 0 Å². The highest BCUT2D eigenvalue weighted by Crippen LogP contribution is 2.31. The number of amides is 1. The largest absolute Gasteiger partial charge is 0.464 e. The van der Waals surface area contributed by atoms with Gasteiger partial charge in [-0.3, -0.25) is 4.79 Å². The summed E-state index contributed by atoms with van der Waals surface area (Å²) >= 11 is 0. The summed E-state index contributed by atoms with van der Waals surface area (Å²) in [7, 11) is 0. The number of fused-ring (bicyclic) bond motifs is 3. The Balaban J connectivity index is 1.38. The first-order valence-corrected chi connectivity index (χ1v) is 9.52. The van der Waals surface area contributed by atoms with E-state index in [4.69, 9.17) is 4.42 Å². The maximum absolute atomic E-state index is 14.7. The van der Waals surface area contributed by atoms with Crippen LogP contribution in [-0.2, 0) is 37.0 Å². The van der Waals surface area contributed by atoms with Gasteiger partial charge in [0.1, 0.15) is 11.4 Å². The average Bonchev–Trinajstić information content (AvgIpc) is 3.29. The van der Waals surface area contributed by atoms with E-state index >= 15 is 0 Å². The standard InChI is InChI=1S/C22H21FN2O2/c23-22-17-6-7-24-11-15(17)4-5-19(22)25-21(26)10-16-12-27-20-9-14-3-1-2-13(14)8-18(16)20/h4-5,8-9,12,24H,1-3,6-7,10-11H2,(H,25,26). The molecule has 0 unspecified atom stereocenters. The smallest absolute Gasteiger partial charge is 0.229 e. The summed E-state index contributed by atoms with van der Waals surface area (Å²) in [5, 5.41) is 6.96. The van der Waals surface area contributed by atoms with Gasteiger partial charge in [0, 0.05) is 17.5 Å². The van der Waals surface area contributed by atoms with Gasteiger partial charge in [0.15, 0.2) is 0 Å². The molecule has 27 heavy (non-hydrogen) atoms. The summed E-state index contributed by atoms with van der Waals surface area (Å²) in [5.41, 5.74) is 6.29. The van der Waals surface area contributed by atoms with Crippen LogP contribution in [0, 0.1) is 5.82 Å². The van der Waals surface area contributed by atoms with Crippen molar-refractivity contribution < 1.29 is 13.6 Å². The molecule has 0 saturated carbocycles. The number of benzene rings is 2. The number of hydrogen-bond donors (Lipinski definition) is 2. The van der Waals surface area contributed by atoms with E-state index in [1.165, 1.54) is 17.5 Å². The summed E-state index contributed by atoms with van der Waals surface area (Å²) in [6, 6.07) is 7.78. The van der Waals surface area contributed by atoms with E-state index in [9.17, 15) is 9.18 Å². The Kier molecular flexibility index (Phi) is 3.97. The summed E-state index contributed by atoms with van der Waals surface area (Å²) in [5.74, 6) is -0.539. The number of nitrogens with one attached hydrogen (secondary N) is 2. The van der Waals surface area contributed by atoms with E-state index in [1.807, 2.05) is 6.07 Å². The van der Waals surface area contributed by atoms with Gasteiger partial charge in [-0.1, -0.05) is 6.07 Å². The second-order valence-corrected chi connectivity index (χ2v) is 7.45. The molecule has 2 aromatic carbocycles. The Bertz CT molecular complexity index is 1050. The third kappa shape index (κ3) is 2.92. The van der Waals surface area contributed by atoms with E-state index in [0.717, 1.165) is 41.5 Å². The number of rotatable bonds is 3. The molecule has 0 spiro atoms. The SMILES string of the molecule is O=C(Cc1coc2cc3c(cc12)CCC3)Nc1ccc2c(c1F)CCNC2. The predicted octanol–water partition coefficient (Wildman–Crippen LogP) is 3.89. The minimum absolute atomic E-state index is 0.171. The molecule has 0 bridgehead atoms. The van der Waals surface area contributed by atoms with Crippen LogP contribution in [0.25, 0.3) is 11.0 Å². The van der Waals surface area contributed by atoms with Gasteiger partial charge in [-0.25, -0.2) is 4.39 Å². The molecule has 1 amide bonds. The molecule has 2 aliphatic rings. The van der Waals surface area contributed by atoms with Gasteiger partial charge in [-0.15, -0.1) is 0 Å². The molecule has 0 saturated heterocycles. The molecule has 5 heteroatoms. The number of carbonyl (C=O) groups is 1. The van der Waals surface area contributed by atoms with E-state index in [2.05, 4.69) is 22.8 Å². The minimum atomic E-state index is -0.308. The van der Waals surface area contributed by atoms with Gasteiger partial charge in [-0.2, -0.15) is 0 Å². The third-order valence-corrected chi connectivity index (χ3v) is 5.70. The zero-order chi connectivity index (χ0) is 18.4. The lowest BCUT2D eigenvalue weighted by Gasteiger charge is -2.19. The van der Waals surface area contributed by atoms with Gasteiger partial charge >= 0.3 is 0 Å². The fraction of sp³-hybridized carbons (Fsp3) is 0.318. The molecule has 4 nitrogen and oxygen atoms in total. The topological polar surface area (TPSA) is 54.3 Å². The maximum Gasteiger partial charge on any atom is 0.229 e. The first kappa shape index (κ1) is 16.5. The first-order valence-electron chi connectivity index (χ1n) is 9.52. The average molecular weight is 364 g/mol. The lowest BCUT2D eigenvalue weighted by molar-refractivity contribution is -0.115. The highest BCUT2D eigenvalue weighted by molar-refractivity contribution is 5.95. The molecule has 0 radical (unpaired) electrons. The van der Waals surface area contributed by atoms with Crippen molar-refractivity contribution in [1.29, 1.82) is 0 Å². The predicted molar refractivity (Wildman–Crippen MR) is 102 cm³/mol. The number of furan rings is 1. The van der Waals surface area contributed by atoms with Crippen LogP contribution in [0.3, 0.4) is 0 Å². The van der Waals surface area contributed by atoms with Crippen LogP contribution >= 0.6 is 0 Å². The van der Waals surface area contributed by atoms with Gasteiger partial charge in [0.2, 0.25) is 5.91 Å². The van der Waals surface area contributed by atoms with Crippen molar-refractivity contribution in [3.63, 3.8) is 0 Å². The number of hydrogen-bond acceptors (Lipinski definition) is 3. The summed E-state index contributed by atoms with van der Waals surface area (Å²) < 4.78 is 20.4. The summed E-state index contributed by atoms with van der Waals surface area (Å²) in [4.78, 5) is 12.5. The Morgan fingerprint density at radius 1 is 1.15 bits per heavy atom. The van der Waals surface area contributed by atoms with Crippen molar-refractivity contribution >= 4 is 22.6 Å². The molecular formula is C22H21FN2O2. The van der Waals surface area contributed by atoms with Crippen LogP contribution in [0.2, 0.25) is 0 Å². The Labute approximate surface area is 156 Å². The number of carbonyl (C=O) groups excluding carboxylic acids is 1. The number of anilines is 1. The van der Waals surface area contributed by atoms with Crippen LogP contribution in [0.4, 0.5) is 10.1 Å². The molecule has 2 N–H and O–H groups in total. The van der Waals surface area contributed by atoms with Crippen molar-refractivity contribution in [2.75, 3.05) is 11.9 Å². The van der Waals surface area contributed by atoms with Crippen LogP contribution in [0.1, 0.15) is 34.2 Å². The van der Waals surface area contributed by atoms with Crippen LogP contribution in [0.5, 0.6) is 0 Å². The monoisotopic (exact) mass is 364 g/mol. The molecule has 2 heterocycles. The fourth-order valence-electron chi connectivity index (χ4n) is 4.28. The Morgan fingerprint density at radius 3 is 2.89 bits per heavy atom. The molecule has 0 fully saturated rings. The van der Waals surface area contributed by atoms with Gasteiger partial charge in [-0.05, 0) is 72.7 Å². The normalized spacial score (nSPS) is 15.6. The third-order valence-electron chi connectivity index (χ3n) is 5.70. The number of aryl methyl sites for hydroxylation is 2. The van der Waals surface area contributed by atoms with E-state index in [-0.39, 0.29) is 23.8 Å². The van der Waals surface area contributed by atoms with Crippen LogP contribution < -0.4 is 10.6 Å². The molecule has 3 aromatic rings. The summed E-state index contributed by atoms with van der Waals surface area (Å²) in [6.07, 6.45) is 5.80. The highest BCUT2D eigenvalue weighted by atomic mass is 19.1. The molecule has 1 aliphatic heterocycles. The number of halogens is 1. The maximum atomic E-state index is 14.7. The lowest BCUT2D eigenvalue weighted by Crippen LogP contribution is -2.25. The van der Waals surface area contributed by atoms with Gasteiger partial charge < -0.3 is 15.1 Å². The van der Waals surface area contributed by atoms with E-state index in [0.29, 0.717) is 18.5 Å². The lowest BCUT2D eigenvalue weighted by atomic mass is 9.99. The molecular weight excluding hydrogens is 343 g/mol. The second kappa shape index (κ2) is 6.50. The van der Waals surface area contributed by atoms with Gasteiger partial charge in [0.05, 0.1) is 18.4 Å². The Morgan fingerprint density at radius 2 is 2.00 bits per heavy atom. The molecule has 5 rings (SSSR count). The molecule has 1 aliphatic carbocycles. The van der Waals surface area contributed by atoms with Crippen LogP contribution in [-0.4, -0.2) is 12.5 Å². The second-order valence-electron chi connectivity index (χ2n) is 7.45. The quantitative estimate of drug-likeness (QED) is 0.741. The van der Waals surface area contributed by atoms with Crippen molar-refractivity contribution in [2.24, 2.45) is 0 Å². The molecule has 1 aromatic heterocycles. The zero-order valence-corrected chi connectivity index (χ0v) is 15.0.